The van der Waals surface area contributed by atoms with Crippen LogP contribution in [0.15, 0.2) is 0 Å². The minimum absolute atomic E-state index is 0.613. The first-order chi connectivity index (χ1) is 6.72. The minimum atomic E-state index is 0.613. The van der Waals surface area contributed by atoms with Crippen LogP contribution in [-0.4, -0.2) is 67.1 Å². The normalized spacial score (nSPS) is 22.5. The van der Waals surface area contributed by atoms with Crippen molar-refractivity contribution in [3.63, 3.8) is 0 Å². The highest BCUT2D eigenvalue weighted by Crippen LogP contribution is 2.09. The third-order valence-corrected chi connectivity index (χ3v) is 3.92. The summed E-state index contributed by atoms with van der Waals surface area (Å²) < 4.78 is 0. The first kappa shape index (κ1) is 12.3. The molecule has 1 fully saturated rings. The van der Waals surface area contributed by atoms with Gasteiger partial charge in [-0.3, -0.25) is 4.90 Å². The molecule has 2 N–H and O–H groups in total. The van der Waals surface area contributed by atoms with Crippen molar-refractivity contribution in [3.05, 3.63) is 0 Å². The number of hydrogen-bond acceptors (Lipinski definition) is 4. The van der Waals surface area contributed by atoms with Crippen molar-refractivity contribution in [1.82, 2.24) is 9.80 Å². The Morgan fingerprint density at radius 2 is 1.93 bits per heavy atom. The summed E-state index contributed by atoms with van der Waals surface area (Å²) in [7, 11) is 2.20. The van der Waals surface area contributed by atoms with E-state index in [-0.39, 0.29) is 0 Å². The molecule has 0 amide bonds. The smallest absolute Gasteiger partial charge is 0.0142 e. The number of piperazine rings is 1. The van der Waals surface area contributed by atoms with Crippen molar-refractivity contribution in [2.24, 2.45) is 5.73 Å². The number of rotatable bonds is 5. The maximum atomic E-state index is 5.57. The van der Waals surface area contributed by atoms with Gasteiger partial charge in [-0.05, 0) is 7.05 Å². The summed E-state index contributed by atoms with van der Waals surface area (Å²) in [6, 6.07) is 0. The molecule has 1 atom stereocenters. The fourth-order valence-electron chi connectivity index (χ4n) is 1.52. The highest BCUT2D eigenvalue weighted by molar-refractivity contribution is 7.99. The van der Waals surface area contributed by atoms with E-state index in [2.05, 4.69) is 23.8 Å². The molecule has 1 aliphatic rings. The maximum absolute atomic E-state index is 5.57. The van der Waals surface area contributed by atoms with E-state index in [1.807, 2.05) is 11.8 Å². The molecular weight excluding hydrogens is 194 g/mol. The van der Waals surface area contributed by atoms with Crippen molar-refractivity contribution >= 4 is 11.8 Å². The fraction of sp³-hybridized carbons (Fsp3) is 1.00. The summed E-state index contributed by atoms with van der Waals surface area (Å²) >= 11 is 1.99. The summed E-state index contributed by atoms with van der Waals surface area (Å²) in [5, 5.41) is 0.613. The third-order valence-electron chi connectivity index (χ3n) is 2.74. The molecule has 0 aromatic heterocycles. The second kappa shape index (κ2) is 6.67. The summed E-state index contributed by atoms with van der Waals surface area (Å²) in [4.78, 5) is 4.95. The Balaban J connectivity index is 2.02. The van der Waals surface area contributed by atoms with Gasteiger partial charge in [0.2, 0.25) is 0 Å². The molecule has 1 heterocycles. The van der Waals surface area contributed by atoms with Gasteiger partial charge in [-0.25, -0.2) is 0 Å². The Bertz CT molecular complexity index is 146. The summed E-state index contributed by atoms with van der Waals surface area (Å²) in [6.07, 6.45) is 0. The maximum Gasteiger partial charge on any atom is 0.0142 e. The molecule has 1 aliphatic heterocycles. The molecule has 84 valence electrons. The number of nitrogens with zero attached hydrogens (tertiary/aromatic N) is 2. The average Bonchev–Trinajstić information content (AvgIpc) is 2.21. The Kier molecular flexibility index (Phi) is 5.86. The van der Waals surface area contributed by atoms with Gasteiger partial charge in [-0.15, -0.1) is 0 Å². The lowest BCUT2D eigenvalue weighted by atomic mass is 10.3. The van der Waals surface area contributed by atoms with Gasteiger partial charge in [0.05, 0.1) is 0 Å². The molecule has 0 aliphatic carbocycles. The largest absolute Gasteiger partial charge is 0.329 e. The van der Waals surface area contributed by atoms with E-state index < -0.39 is 0 Å². The van der Waals surface area contributed by atoms with E-state index in [9.17, 15) is 0 Å². The van der Waals surface area contributed by atoms with Crippen LogP contribution >= 0.6 is 11.8 Å². The summed E-state index contributed by atoms with van der Waals surface area (Å²) in [5.41, 5.74) is 5.57. The van der Waals surface area contributed by atoms with E-state index in [1.165, 1.54) is 38.5 Å². The molecular formula is C10H23N3S. The molecule has 0 saturated carbocycles. The topological polar surface area (TPSA) is 32.5 Å². The van der Waals surface area contributed by atoms with Crippen LogP contribution in [0.25, 0.3) is 0 Å². The van der Waals surface area contributed by atoms with Gasteiger partial charge in [0.25, 0.3) is 0 Å². The van der Waals surface area contributed by atoms with Gasteiger partial charge < -0.3 is 10.6 Å². The van der Waals surface area contributed by atoms with Crippen LogP contribution in [0.4, 0.5) is 0 Å². The van der Waals surface area contributed by atoms with Crippen LogP contribution < -0.4 is 5.73 Å². The molecule has 4 heteroatoms. The van der Waals surface area contributed by atoms with Gasteiger partial charge in [0.1, 0.15) is 0 Å². The van der Waals surface area contributed by atoms with E-state index in [0.717, 1.165) is 6.54 Å². The molecule has 0 bridgehead atoms. The van der Waals surface area contributed by atoms with Crippen molar-refractivity contribution in [2.75, 3.05) is 52.1 Å². The standard InChI is InChI=1S/C10H23N3S/c1-10(9-11)14-8-7-13-5-3-12(2)4-6-13/h10H,3-9,11H2,1-2H3. The molecule has 1 unspecified atom stereocenters. The molecule has 1 saturated heterocycles. The average molecular weight is 217 g/mol. The highest BCUT2D eigenvalue weighted by atomic mass is 32.2. The van der Waals surface area contributed by atoms with Crippen molar-refractivity contribution in [3.8, 4) is 0 Å². The number of likely N-dealkylation sites (N-methyl/N-ethyl adjacent to an activating group) is 1. The summed E-state index contributed by atoms with van der Waals surface area (Å²) in [6.45, 7) is 9.13. The molecule has 0 aromatic rings. The highest BCUT2D eigenvalue weighted by Gasteiger charge is 2.13. The van der Waals surface area contributed by atoms with Gasteiger partial charge >= 0.3 is 0 Å². The van der Waals surface area contributed by atoms with Crippen LogP contribution in [0, 0.1) is 0 Å². The van der Waals surface area contributed by atoms with Crippen molar-refractivity contribution in [1.29, 1.82) is 0 Å². The lowest BCUT2D eigenvalue weighted by molar-refractivity contribution is 0.161. The van der Waals surface area contributed by atoms with Crippen LogP contribution in [0.3, 0.4) is 0 Å². The van der Waals surface area contributed by atoms with E-state index in [0.29, 0.717) is 5.25 Å². The van der Waals surface area contributed by atoms with E-state index >= 15 is 0 Å². The second-order valence-corrected chi connectivity index (χ2v) is 5.61. The van der Waals surface area contributed by atoms with Gasteiger partial charge in [0, 0.05) is 50.3 Å². The van der Waals surface area contributed by atoms with Crippen molar-refractivity contribution in [2.45, 2.75) is 12.2 Å². The molecule has 0 spiro atoms. The Morgan fingerprint density at radius 3 is 2.50 bits per heavy atom. The molecule has 0 aromatic carbocycles. The predicted octanol–water partition coefficient (Wildman–Crippen LogP) is 0.314. The molecule has 3 nitrogen and oxygen atoms in total. The molecule has 1 rings (SSSR count). The number of thioether (sulfide) groups is 1. The van der Waals surface area contributed by atoms with Crippen LogP contribution in [0.2, 0.25) is 0 Å². The second-order valence-electron chi connectivity index (χ2n) is 4.06. The van der Waals surface area contributed by atoms with Crippen LogP contribution in [0.1, 0.15) is 6.92 Å². The monoisotopic (exact) mass is 217 g/mol. The SMILES string of the molecule is CC(CN)SCCN1CCN(C)CC1. The molecule has 14 heavy (non-hydrogen) atoms. The molecule has 0 radical (unpaired) electrons. The first-order valence-electron chi connectivity index (χ1n) is 5.45. The zero-order valence-electron chi connectivity index (χ0n) is 9.41. The summed E-state index contributed by atoms with van der Waals surface area (Å²) in [5.74, 6) is 1.22. The zero-order valence-corrected chi connectivity index (χ0v) is 10.2. The first-order valence-corrected chi connectivity index (χ1v) is 6.50. The van der Waals surface area contributed by atoms with Gasteiger partial charge in [0.15, 0.2) is 0 Å². The van der Waals surface area contributed by atoms with Crippen LogP contribution in [-0.2, 0) is 0 Å². The third kappa shape index (κ3) is 4.64. The predicted molar refractivity (Wildman–Crippen MR) is 64.9 cm³/mol. The number of nitrogens with two attached hydrogens (primary N) is 1. The van der Waals surface area contributed by atoms with Gasteiger partial charge in [-0.1, -0.05) is 6.92 Å². The van der Waals surface area contributed by atoms with Crippen LogP contribution in [0.5, 0.6) is 0 Å². The Hall–Kier alpha value is 0.230. The van der Waals surface area contributed by atoms with Crippen molar-refractivity contribution < 1.29 is 0 Å². The zero-order chi connectivity index (χ0) is 10.4. The lowest BCUT2D eigenvalue weighted by Crippen LogP contribution is -2.45. The van der Waals surface area contributed by atoms with E-state index in [4.69, 9.17) is 5.73 Å². The van der Waals surface area contributed by atoms with E-state index in [1.54, 1.807) is 0 Å². The number of hydrogen-bond donors (Lipinski definition) is 1. The Morgan fingerprint density at radius 1 is 1.29 bits per heavy atom. The fourth-order valence-corrected chi connectivity index (χ4v) is 2.42. The minimum Gasteiger partial charge on any atom is -0.329 e. The Labute approximate surface area is 92.0 Å². The quantitative estimate of drug-likeness (QED) is 0.719. The van der Waals surface area contributed by atoms with Gasteiger partial charge in [-0.2, -0.15) is 11.8 Å². The lowest BCUT2D eigenvalue weighted by Gasteiger charge is -2.32.